The van der Waals surface area contributed by atoms with Crippen molar-refractivity contribution in [2.24, 2.45) is 0 Å². The first-order valence-electron chi connectivity index (χ1n) is 16.6. The molecule has 8 aromatic carbocycles. The van der Waals surface area contributed by atoms with E-state index in [0.717, 1.165) is 50.1 Å². The van der Waals surface area contributed by atoms with Crippen LogP contribution >= 0.6 is 11.3 Å². The highest BCUT2D eigenvalue weighted by molar-refractivity contribution is 7.26. The Labute approximate surface area is 287 Å². The fourth-order valence-corrected chi connectivity index (χ4v) is 8.64. The molecule has 0 atom stereocenters. The summed E-state index contributed by atoms with van der Waals surface area (Å²) in [4.78, 5) is 2.33. The summed E-state index contributed by atoms with van der Waals surface area (Å²) in [7, 11) is 0. The van der Waals surface area contributed by atoms with Crippen molar-refractivity contribution in [3.05, 3.63) is 176 Å². The van der Waals surface area contributed by atoms with Crippen LogP contribution in [-0.2, 0) is 0 Å². The standard InChI is InChI=1S/C46H29NOS/c1-2-12-33(13-3-1)47(34-25-21-30(22-26-34)37-17-10-18-40-38-15-6-8-19-42(38)48-45(37)40)35-27-23-31(24-28-35)44-36-14-5-4-11-32(36)29-41-39-16-7-9-20-43(39)49-46(41)44/h1-29H. The van der Waals surface area contributed by atoms with Crippen molar-refractivity contribution in [2.75, 3.05) is 4.90 Å². The maximum atomic E-state index is 6.36. The van der Waals surface area contributed by atoms with Crippen LogP contribution in [0.1, 0.15) is 0 Å². The number of thiophene rings is 1. The predicted octanol–water partition coefficient (Wildman–Crippen LogP) is 13.9. The van der Waals surface area contributed by atoms with E-state index >= 15 is 0 Å². The molecule has 49 heavy (non-hydrogen) atoms. The van der Waals surface area contributed by atoms with Gasteiger partial charge in [0.05, 0.1) is 0 Å². The molecule has 0 radical (unpaired) electrons. The minimum Gasteiger partial charge on any atom is -0.455 e. The van der Waals surface area contributed by atoms with Gasteiger partial charge in [-0.25, -0.2) is 0 Å². The predicted molar refractivity (Wildman–Crippen MR) is 210 cm³/mol. The number of nitrogens with zero attached hydrogens (tertiary/aromatic N) is 1. The van der Waals surface area contributed by atoms with Crippen molar-refractivity contribution < 1.29 is 4.42 Å². The van der Waals surface area contributed by atoms with E-state index in [-0.39, 0.29) is 0 Å². The third kappa shape index (κ3) is 4.55. The lowest BCUT2D eigenvalue weighted by Crippen LogP contribution is -2.09. The number of hydrogen-bond acceptors (Lipinski definition) is 3. The van der Waals surface area contributed by atoms with Crippen molar-refractivity contribution in [3.63, 3.8) is 0 Å². The van der Waals surface area contributed by atoms with Crippen LogP contribution < -0.4 is 4.90 Å². The first kappa shape index (κ1) is 27.9. The van der Waals surface area contributed by atoms with Crippen molar-refractivity contribution in [1.82, 2.24) is 0 Å². The molecule has 2 heterocycles. The number of hydrogen-bond donors (Lipinski definition) is 0. The molecule has 0 amide bonds. The molecule has 0 aliphatic rings. The van der Waals surface area contributed by atoms with Gasteiger partial charge in [-0.15, -0.1) is 11.3 Å². The molecule has 0 fully saturated rings. The first-order chi connectivity index (χ1) is 24.3. The van der Waals surface area contributed by atoms with Crippen LogP contribution in [0.15, 0.2) is 180 Å². The Morgan fingerprint density at radius 2 is 1.04 bits per heavy atom. The Morgan fingerprint density at radius 1 is 0.429 bits per heavy atom. The van der Waals surface area contributed by atoms with Crippen LogP contribution in [0.25, 0.3) is 75.1 Å². The summed E-state index contributed by atoms with van der Waals surface area (Å²) in [5.74, 6) is 0. The summed E-state index contributed by atoms with van der Waals surface area (Å²) in [5, 5.41) is 7.48. The summed E-state index contributed by atoms with van der Waals surface area (Å²) >= 11 is 1.89. The van der Waals surface area contributed by atoms with E-state index in [1.54, 1.807) is 0 Å². The van der Waals surface area contributed by atoms with Crippen molar-refractivity contribution in [3.8, 4) is 22.3 Å². The van der Waals surface area contributed by atoms with Crippen LogP contribution in [0.4, 0.5) is 17.1 Å². The number of benzene rings is 8. The van der Waals surface area contributed by atoms with E-state index in [0.29, 0.717) is 0 Å². The monoisotopic (exact) mass is 643 g/mol. The highest BCUT2D eigenvalue weighted by Gasteiger charge is 2.18. The second-order valence-electron chi connectivity index (χ2n) is 12.5. The second kappa shape index (κ2) is 11.2. The van der Waals surface area contributed by atoms with Crippen molar-refractivity contribution in [1.29, 1.82) is 0 Å². The zero-order valence-electron chi connectivity index (χ0n) is 26.5. The van der Waals surface area contributed by atoms with Gasteiger partial charge in [0.25, 0.3) is 0 Å². The van der Waals surface area contributed by atoms with Crippen molar-refractivity contribution >= 4 is 81.3 Å². The zero-order chi connectivity index (χ0) is 32.3. The van der Waals surface area contributed by atoms with Gasteiger partial charge < -0.3 is 9.32 Å². The summed E-state index contributed by atoms with van der Waals surface area (Å²) < 4.78 is 9.02. The third-order valence-corrected chi connectivity index (χ3v) is 10.9. The average molecular weight is 644 g/mol. The second-order valence-corrected chi connectivity index (χ2v) is 13.5. The Balaban J connectivity index is 1.08. The summed E-state index contributed by atoms with van der Waals surface area (Å²) in [6.07, 6.45) is 0. The van der Waals surface area contributed by atoms with E-state index in [2.05, 4.69) is 169 Å². The summed E-state index contributed by atoms with van der Waals surface area (Å²) in [6, 6.07) is 63.1. The van der Waals surface area contributed by atoms with Gasteiger partial charge in [0.15, 0.2) is 0 Å². The molecule has 10 aromatic rings. The van der Waals surface area contributed by atoms with E-state index in [1.165, 1.54) is 42.1 Å². The quantitative estimate of drug-likeness (QED) is 0.186. The van der Waals surface area contributed by atoms with E-state index in [1.807, 2.05) is 23.5 Å². The van der Waals surface area contributed by atoms with Crippen LogP contribution in [0, 0.1) is 0 Å². The molecule has 0 aliphatic heterocycles. The van der Waals surface area contributed by atoms with Crippen LogP contribution in [-0.4, -0.2) is 0 Å². The highest BCUT2D eigenvalue weighted by Crippen LogP contribution is 2.45. The van der Waals surface area contributed by atoms with Gasteiger partial charge in [-0.3, -0.25) is 0 Å². The molecule has 0 aliphatic carbocycles. The molecule has 0 N–H and O–H groups in total. The summed E-state index contributed by atoms with van der Waals surface area (Å²) in [6.45, 7) is 0. The minimum atomic E-state index is 0.914. The molecule has 2 nitrogen and oxygen atoms in total. The van der Waals surface area contributed by atoms with Gasteiger partial charge in [-0.1, -0.05) is 121 Å². The Bertz CT molecular complexity index is 2810. The van der Waals surface area contributed by atoms with E-state index in [9.17, 15) is 0 Å². The SMILES string of the molecule is c1ccc(N(c2ccc(-c3cccc4c3oc3ccccc34)cc2)c2ccc(-c3c4ccccc4cc4c3sc3ccccc34)cc2)cc1. The topological polar surface area (TPSA) is 16.4 Å². The van der Waals surface area contributed by atoms with Gasteiger partial charge in [0, 0.05) is 59.1 Å². The molecule has 0 spiro atoms. The number of anilines is 3. The fraction of sp³-hybridized carbons (Fsp3) is 0. The molecule has 10 rings (SSSR count). The van der Waals surface area contributed by atoms with Gasteiger partial charge >= 0.3 is 0 Å². The van der Waals surface area contributed by atoms with Gasteiger partial charge in [0.1, 0.15) is 11.2 Å². The fourth-order valence-electron chi connectivity index (χ4n) is 7.38. The Hall–Kier alpha value is -6.16. The van der Waals surface area contributed by atoms with Crippen LogP contribution in [0.5, 0.6) is 0 Å². The Morgan fingerprint density at radius 3 is 1.84 bits per heavy atom. The molecule has 0 saturated carbocycles. The van der Waals surface area contributed by atoms with Crippen LogP contribution in [0.2, 0.25) is 0 Å². The number of fused-ring (bicyclic) bond motifs is 7. The zero-order valence-corrected chi connectivity index (χ0v) is 27.3. The molecular formula is C46H29NOS. The van der Waals surface area contributed by atoms with Gasteiger partial charge in [0.2, 0.25) is 0 Å². The minimum absolute atomic E-state index is 0.914. The van der Waals surface area contributed by atoms with Gasteiger partial charge in [-0.05, 0) is 76.5 Å². The number of rotatable bonds is 5. The normalized spacial score (nSPS) is 11.7. The molecular weight excluding hydrogens is 615 g/mol. The lowest BCUT2D eigenvalue weighted by atomic mass is 9.95. The number of furan rings is 1. The van der Waals surface area contributed by atoms with Gasteiger partial charge in [-0.2, -0.15) is 0 Å². The maximum absolute atomic E-state index is 6.36. The molecule has 0 saturated heterocycles. The lowest BCUT2D eigenvalue weighted by molar-refractivity contribution is 0.670. The van der Waals surface area contributed by atoms with E-state index in [4.69, 9.17) is 4.42 Å². The van der Waals surface area contributed by atoms with E-state index < -0.39 is 0 Å². The molecule has 230 valence electrons. The third-order valence-electron chi connectivity index (χ3n) is 9.66. The first-order valence-corrected chi connectivity index (χ1v) is 17.4. The molecule has 3 heteroatoms. The lowest BCUT2D eigenvalue weighted by Gasteiger charge is -2.26. The van der Waals surface area contributed by atoms with Crippen molar-refractivity contribution in [2.45, 2.75) is 0 Å². The molecule has 2 aromatic heterocycles. The highest BCUT2D eigenvalue weighted by atomic mass is 32.1. The van der Waals surface area contributed by atoms with Crippen LogP contribution in [0.3, 0.4) is 0 Å². The maximum Gasteiger partial charge on any atom is 0.143 e. The average Bonchev–Trinajstić information content (AvgIpc) is 3.73. The largest absolute Gasteiger partial charge is 0.455 e. The summed E-state index contributed by atoms with van der Waals surface area (Å²) in [5.41, 5.74) is 9.89. The Kier molecular flexibility index (Phi) is 6.39. The molecule has 0 unspecified atom stereocenters. The number of para-hydroxylation sites is 3. The molecule has 0 bridgehead atoms. The smallest absolute Gasteiger partial charge is 0.143 e.